The standard InChI is InChI=1S/C19H26N4O5/c1-14(24)21-7-8-22(17(12-21)11-20-6-5-18(25)13-20)19(26)10-15-3-2-4-16(9-15)23(27)28/h2-4,9,17-18,25H,5-8,10-13H2,1H3/t17?,18-/m0/s1. The van der Waals surface area contributed by atoms with Gasteiger partial charge in [-0.1, -0.05) is 12.1 Å². The minimum Gasteiger partial charge on any atom is -0.392 e. The van der Waals surface area contributed by atoms with Crippen LogP contribution in [0.3, 0.4) is 0 Å². The Kier molecular flexibility index (Phi) is 6.25. The fraction of sp³-hybridized carbons (Fsp3) is 0.579. The number of piperazine rings is 1. The Hall–Kier alpha value is -2.52. The summed E-state index contributed by atoms with van der Waals surface area (Å²) >= 11 is 0. The Balaban J connectivity index is 1.71. The van der Waals surface area contributed by atoms with Gasteiger partial charge in [-0.2, -0.15) is 0 Å². The Morgan fingerprint density at radius 3 is 2.68 bits per heavy atom. The Bertz CT molecular complexity index is 756. The van der Waals surface area contributed by atoms with Crippen molar-refractivity contribution in [3.8, 4) is 0 Å². The zero-order valence-electron chi connectivity index (χ0n) is 16.0. The highest BCUT2D eigenvalue weighted by atomic mass is 16.6. The number of likely N-dealkylation sites (tertiary alicyclic amines) is 1. The zero-order chi connectivity index (χ0) is 20.3. The van der Waals surface area contributed by atoms with Crippen molar-refractivity contribution >= 4 is 17.5 Å². The first kappa shape index (κ1) is 20.2. The highest BCUT2D eigenvalue weighted by molar-refractivity contribution is 5.80. The van der Waals surface area contributed by atoms with E-state index in [1.165, 1.54) is 19.1 Å². The van der Waals surface area contributed by atoms with Gasteiger partial charge in [-0.3, -0.25) is 24.6 Å². The number of nitrogens with zero attached hydrogens (tertiary/aromatic N) is 4. The number of hydrogen-bond donors (Lipinski definition) is 1. The van der Waals surface area contributed by atoms with Gasteiger partial charge in [-0.25, -0.2) is 0 Å². The minimum atomic E-state index is -0.471. The summed E-state index contributed by atoms with van der Waals surface area (Å²) < 4.78 is 0. The van der Waals surface area contributed by atoms with Crippen LogP contribution in [0.1, 0.15) is 18.9 Å². The molecular formula is C19H26N4O5. The maximum Gasteiger partial charge on any atom is 0.269 e. The number of amides is 2. The van der Waals surface area contributed by atoms with E-state index in [9.17, 15) is 24.8 Å². The van der Waals surface area contributed by atoms with E-state index in [0.29, 0.717) is 44.7 Å². The molecule has 0 bridgehead atoms. The molecule has 3 rings (SSSR count). The van der Waals surface area contributed by atoms with E-state index in [2.05, 4.69) is 4.90 Å². The van der Waals surface area contributed by atoms with Gasteiger partial charge in [-0.15, -0.1) is 0 Å². The predicted molar refractivity (Wildman–Crippen MR) is 102 cm³/mol. The van der Waals surface area contributed by atoms with Crippen LogP contribution in [-0.4, -0.2) is 88.0 Å². The maximum absolute atomic E-state index is 13.0. The van der Waals surface area contributed by atoms with E-state index in [1.807, 2.05) is 0 Å². The lowest BCUT2D eigenvalue weighted by atomic mass is 10.1. The fourth-order valence-corrected chi connectivity index (χ4v) is 3.96. The molecule has 0 spiro atoms. The Morgan fingerprint density at radius 1 is 1.25 bits per heavy atom. The number of nitro groups is 1. The molecule has 28 heavy (non-hydrogen) atoms. The first-order valence-corrected chi connectivity index (χ1v) is 9.52. The van der Waals surface area contributed by atoms with E-state index in [0.717, 1.165) is 6.54 Å². The molecule has 9 nitrogen and oxygen atoms in total. The summed E-state index contributed by atoms with van der Waals surface area (Å²) in [5.41, 5.74) is 0.567. The van der Waals surface area contributed by atoms with Gasteiger partial charge >= 0.3 is 0 Å². The number of aliphatic hydroxyl groups excluding tert-OH is 1. The number of hydrogen-bond acceptors (Lipinski definition) is 6. The van der Waals surface area contributed by atoms with Crippen LogP contribution in [0.25, 0.3) is 0 Å². The van der Waals surface area contributed by atoms with Gasteiger partial charge < -0.3 is 14.9 Å². The third-order valence-corrected chi connectivity index (χ3v) is 5.44. The summed E-state index contributed by atoms with van der Waals surface area (Å²) in [6.45, 7) is 4.85. The summed E-state index contributed by atoms with van der Waals surface area (Å²) in [7, 11) is 0. The Labute approximate surface area is 163 Å². The first-order valence-electron chi connectivity index (χ1n) is 9.52. The number of rotatable bonds is 5. The van der Waals surface area contributed by atoms with Crippen LogP contribution in [0.15, 0.2) is 24.3 Å². The molecule has 2 amide bonds. The summed E-state index contributed by atoms with van der Waals surface area (Å²) in [5.74, 6) is -0.120. The van der Waals surface area contributed by atoms with E-state index in [-0.39, 0.29) is 36.1 Å². The van der Waals surface area contributed by atoms with Crippen LogP contribution >= 0.6 is 0 Å². The zero-order valence-corrected chi connectivity index (χ0v) is 16.0. The molecule has 1 aromatic rings. The molecule has 0 saturated carbocycles. The number of aliphatic hydroxyl groups is 1. The van der Waals surface area contributed by atoms with Crippen molar-refractivity contribution in [2.45, 2.75) is 31.9 Å². The quantitative estimate of drug-likeness (QED) is 0.571. The fourth-order valence-electron chi connectivity index (χ4n) is 3.96. The first-order chi connectivity index (χ1) is 13.3. The molecule has 0 aromatic heterocycles. The van der Waals surface area contributed by atoms with Gasteiger partial charge in [0.05, 0.1) is 23.5 Å². The SMILES string of the molecule is CC(=O)N1CCN(C(=O)Cc2cccc([N+](=O)[O-])c2)C(CN2CC[C@H](O)C2)C1. The number of benzene rings is 1. The monoisotopic (exact) mass is 390 g/mol. The molecular weight excluding hydrogens is 364 g/mol. The van der Waals surface area contributed by atoms with Gasteiger partial charge in [-0.05, 0) is 12.0 Å². The second-order valence-corrected chi connectivity index (χ2v) is 7.51. The molecule has 0 aliphatic carbocycles. The molecule has 2 saturated heterocycles. The number of nitro benzene ring substituents is 1. The van der Waals surface area contributed by atoms with Crippen LogP contribution in [0, 0.1) is 10.1 Å². The number of carbonyl (C=O) groups excluding carboxylic acids is 2. The molecule has 2 aliphatic rings. The lowest BCUT2D eigenvalue weighted by molar-refractivity contribution is -0.384. The van der Waals surface area contributed by atoms with Crippen molar-refractivity contribution in [3.05, 3.63) is 39.9 Å². The average molecular weight is 390 g/mol. The maximum atomic E-state index is 13.0. The van der Waals surface area contributed by atoms with Crippen LogP contribution in [0.2, 0.25) is 0 Å². The van der Waals surface area contributed by atoms with E-state index in [4.69, 9.17) is 0 Å². The van der Waals surface area contributed by atoms with Crippen molar-refractivity contribution in [2.24, 2.45) is 0 Å². The molecule has 0 radical (unpaired) electrons. The molecule has 2 atom stereocenters. The lowest BCUT2D eigenvalue weighted by Gasteiger charge is -2.42. The van der Waals surface area contributed by atoms with Gasteiger partial charge in [0.15, 0.2) is 0 Å². The molecule has 1 aromatic carbocycles. The molecule has 2 aliphatic heterocycles. The smallest absolute Gasteiger partial charge is 0.269 e. The number of carbonyl (C=O) groups is 2. The average Bonchev–Trinajstić information content (AvgIpc) is 3.06. The third-order valence-electron chi connectivity index (χ3n) is 5.44. The molecule has 2 fully saturated rings. The van der Waals surface area contributed by atoms with Crippen molar-refractivity contribution < 1.29 is 19.6 Å². The normalized spacial score (nSPS) is 23.1. The van der Waals surface area contributed by atoms with Crippen molar-refractivity contribution in [1.82, 2.24) is 14.7 Å². The largest absolute Gasteiger partial charge is 0.392 e. The summed E-state index contributed by atoms with van der Waals surface area (Å²) in [5, 5.41) is 20.7. The molecule has 1 N–H and O–H groups in total. The summed E-state index contributed by atoms with van der Waals surface area (Å²) in [6, 6.07) is 5.96. The van der Waals surface area contributed by atoms with Crippen LogP contribution in [0.4, 0.5) is 5.69 Å². The van der Waals surface area contributed by atoms with E-state index in [1.54, 1.807) is 21.9 Å². The lowest BCUT2D eigenvalue weighted by Crippen LogP contribution is -2.59. The van der Waals surface area contributed by atoms with Crippen LogP contribution < -0.4 is 0 Å². The highest BCUT2D eigenvalue weighted by Crippen LogP contribution is 2.19. The van der Waals surface area contributed by atoms with Crippen molar-refractivity contribution in [2.75, 3.05) is 39.3 Å². The van der Waals surface area contributed by atoms with Crippen LogP contribution in [0.5, 0.6) is 0 Å². The minimum absolute atomic E-state index is 0.0164. The van der Waals surface area contributed by atoms with E-state index < -0.39 is 4.92 Å². The third kappa shape index (κ3) is 4.85. The molecule has 2 heterocycles. The van der Waals surface area contributed by atoms with Gasteiger partial charge in [0.2, 0.25) is 11.8 Å². The van der Waals surface area contributed by atoms with Crippen molar-refractivity contribution in [1.29, 1.82) is 0 Å². The van der Waals surface area contributed by atoms with Gasteiger partial charge in [0.25, 0.3) is 5.69 Å². The summed E-state index contributed by atoms with van der Waals surface area (Å²) in [6.07, 6.45) is 0.451. The van der Waals surface area contributed by atoms with Gasteiger partial charge in [0, 0.05) is 58.3 Å². The molecule has 1 unspecified atom stereocenters. The molecule has 152 valence electrons. The topological polar surface area (TPSA) is 107 Å². The predicted octanol–water partition coefficient (Wildman–Crippen LogP) is 0.263. The Morgan fingerprint density at radius 2 is 2.04 bits per heavy atom. The number of non-ortho nitro benzene ring substituents is 1. The highest BCUT2D eigenvalue weighted by Gasteiger charge is 2.34. The van der Waals surface area contributed by atoms with Crippen LogP contribution in [-0.2, 0) is 16.0 Å². The number of β-amino-alcohol motifs (C(OH)–C–C–N with tert-alkyl or cyclic N) is 1. The summed E-state index contributed by atoms with van der Waals surface area (Å²) in [4.78, 5) is 40.9. The van der Waals surface area contributed by atoms with E-state index >= 15 is 0 Å². The van der Waals surface area contributed by atoms with Gasteiger partial charge in [0.1, 0.15) is 0 Å². The second-order valence-electron chi connectivity index (χ2n) is 7.51. The molecule has 9 heteroatoms. The van der Waals surface area contributed by atoms with Crippen molar-refractivity contribution in [3.63, 3.8) is 0 Å². The second kappa shape index (κ2) is 8.66.